The molecule has 2 aliphatic heterocycles. The molecule has 1 aromatic heterocycles. The zero-order valence-corrected chi connectivity index (χ0v) is 17.6. The molecule has 0 aliphatic carbocycles. The summed E-state index contributed by atoms with van der Waals surface area (Å²) < 4.78 is 2.24. The lowest BCUT2D eigenvalue weighted by molar-refractivity contribution is -0.118. The predicted octanol–water partition coefficient (Wildman–Crippen LogP) is 3.75. The van der Waals surface area contributed by atoms with Crippen molar-refractivity contribution in [1.29, 1.82) is 0 Å². The van der Waals surface area contributed by atoms with Crippen LogP contribution in [0.3, 0.4) is 0 Å². The van der Waals surface area contributed by atoms with E-state index in [1.165, 1.54) is 30.4 Å². The van der Waals surface area contributed by atoms with E-state index in [2.05, 4.69) is 37.5 Å². The highest BCUT2D eigenvalue weighted by Gasteiger charge is 2.24. The lowest BCUT2D eigenvalue weighted by atomic mass is 9.95. The highest BCUT2D eigenvalue weighted by Crippen LogP contribution is 2.24. The molecule has 3 heterocycles. The Morgan fingerprint density at radius 1 is 1.00 bits per heavy atom. The van der Waals surface area contributed by atoms with Gasteiger partial charge in [-0.1, -0.05) is 30.7 Å². The van der Waals surface area contributed by atoms with Crippen molar-refractivity contribution in [3.63, 3.8) is 0 Å². The average Bonchev–Trinajstić information content (AvgIpc) is 3.02. The van der Waals surface area contributed by atoms with Crippen LogP contribution in [0.4, 0.5) is 5.69 Å². The topological polar surface area (TPSA) is 71.8 Å². The lowest BCUT2D eigenvalue weighted by Crippen LogP contribution is -2.44. The smallest absolute Gasteiger partial charge is 0.241 e. The van der Waals surface area contributed by atoms with Gasteiger partial charge in [-0.25, -0.2) is 0 Å². The summed E-state index contributed by atoms with van der Waals surface area (Å²) in [5, 5.41) is 15.2. The first-order valence-electron chi connectivity index (χ1n) is 10.4. The maximum absolute atomic E-state index is 12.7. The summed E-state index contributed by atoms with van der Waals surface area (Å²) in [6, 6.07) is 16.0. The van der Waals surface area contributed by atoms with Crippen LogP contribution >= 0.6 is 12.4 Å². The highest BCUT2D eigenvalue weighted by atomic mass is 35.5. The van der Waals surface area contributed by atoms with E-state index in [9.17, 15) is 4.79 Å². The molecule has 2 aromatic carbocycles. The molecule has 0 bridgehead atoms. The predicted molar refractivity (Wildman–Crippen MR) is 120 cm³/mol. The van der Waals surface area contributed by atoms with Crippen molar-refractivity contribution in [2.45, 2.75) is 51.2 Å². The fourth-order valence-corrected chi connectivity index (χ4v) is 4.27. The van der Waals surface area contributed by atoms with Gasteiger partial charge in [-0.2, -0.15) is 0 Å². The molecule has 30 heavy (non-hydrogen) atoms. The fourth-order valence-electron chi connectivity index (χ4n) is 4.27. The molecule has 1 amide bonds. The second kappa shape index (κ2) is 8.98. The average molecular weight is 424 g/mol. The number of hydrogen-bond acceptors (Lipinski definition) is 4. The molecule has 156 valence electrons. The van der Waals surface area contributed by atoms with E-state index in [0.29, 0.717) is 6.42 Å². The quantitative estimate of drug-likeness (QED) is 0.673. The highest BCUT2D eigenvalue weighted by molar-refractivity contribution is 5.95. The van der Waals surface area contributed by atoms with Gasteiger partial charge in [0.25, 0.3) is 0 Å². The lowest BCUT2D eigenvalue weighted by Gasteiger charge is -2.25. The Hall–Kier alpha value is -2.70. The Kier molecular flexibility index (Phi) is 6.16. The molecular weight excluding hydrogens is 398 g/mol. The first-order valence-corrected chi connectivity index (χ1v) is 10.4. The van der Waals surface area contributed by atoms with Crippen molar-refractivity contribution < 1.29 is 4.79 Å². The summed E-state index contributed by atoms with van der Waals surface area (Å²) in [6.45, 7) is 1.70. The van der Waals surface area contributed by atoms with Gasteiger partial charge in [-0.3, -0.25) is 4.79 Å². The number of halogens is 1. The van der Waals surface area contributed by atoms with Crippen LogP contribution in [-0.4, -0.2) is 26.7 Å². The largest absolute Gasteiger partial charge is 0.325 e. The number of hydrogen-bond donors (Lipinski definition) is 2. The second-order valence-electron chi connectivity index (χ2n) is 7.88. The van der Waals surface area contributed by atoms with Gasteiger partial charge in [0.1, 0.15) is 5.82 Å². The monoisotopic (exact) mass is 423 g/mol. The Balaban J connectivity index is 0.00000218. The number of amides is 1. The van der Waals surface area contributed by atoms with E-state index in [1.807, 2.05) is 36.4 Å². The number of rotatable bonds is 3. The molecule has 0 saturated carbocycles. The molecule has 0 spiro atoms. The van der Waals surface area contributed by atoms with Crippen molar-refractivity contribution in [3.05, 3.63) is 65.5 Å². The van der Waals surface area contributed by atoms with Gasteiger partial charge < -0.3 is 15.2 Å². The molecule has 0 saturated heterocycles. The Morgan fingerprint density at radius 2 is 1.80 bits per heavy atom. The standard InChI is InChI=1S/C23H25N5O.ClH/c29-23(20-14-17-6-3-4-7-18(17)15-24-20)25-19-11-9-16(10-12-19)22-27-26-21-8-2-1-5-13-28(21)22;/h3-4,6-7,9-12,20,24H,1-2,5,8,13-15H2,(H,25,29);1H. The normalized spacial score (nSPS) is 17.8. The molecule has 0 fully saturated rings. The number of benzene rings is 2. The minimum absolute atomic E-state index is 0. The molecule has 1 unspecified atom stereocenters. The summed E-state index contributed by atoms with van der Waals surface area (Å²) in [7, 11) is 0. The number of anilines is 1. The van der Waals surface area contributed by atoms with E-state index < -0.39 is 0 Å². The molecule has 6 nitrogen and oxygen atoms in total. The molecule has 3 aromatic rings. The van der Waals surface area contributed by atoms with Crippen LogP contribution in [0.25, 0.3) is 11.4 Å². The molecule has 2 N–H and O–H groups in total. The van der Waals surface area contributed by atoms with Gasteiger partial charge in [0.2, 0.25) is 5.91 Å². The summed E-state index contributed by atoms with van der Waals surface area (Å²) in [4.78, 5) is 12.7. The zero-order valence-electron chi connectivity index (χ0n) is 16.8. The van der Waals surface area contributed by atoms with Crippen LogP contribution in [-0.2, 0) is 30.7 Å². The third-order valence-electron chi connectivity index (χ3n) is 5.92. The minimum Gasteiger partial charge on any atom is -0.325 e. The third kappa shape index (κ3) is 4.11. The van der Waals surface area contributed by atoms with Gasteiger partial charge in [-0.15, -0.1) is 22.6 Å². The summed E-state index contributed by atoms with van der Waals surface area (Å²) in [5.74, 6) is 2.01. The molecule has 0 radical (unpaired) electrons. The van der Waals surface area contributed by atoms with E-state index in [1.54, 1.807) is 0 Å². The number of carbonyl (C=O) groups excluding carboxylic acids is 1. The van der Waals surface area contributed by atoms with Crippen molar-refractivity contribution in [2.24, 2.45) is 0 Å². The Labute approximate surface area is 182 Å². The fraction of sp³-hybridized carbons (Fsp3) is 0.348. The minimum atomic E-state index is -0.211. The van der Waals surface area contributed by atoms with Gasteiger partial charge in [0.15, 0.2) is 5.82 Å². The van der Waals surface area contributed by atoms with Crippen LogP contribution in [0.5, 0.6) is 0 Å². The van der Waals surface area contributed by atoms with Gasteiger partial charge in [-0.05, 0) is 54.7 Å². The first-order chi connectivity index (χ1) is 14.3. The van der Waals surface area contributed by atoms with Crippen LogP contribution in [0.1, 0.15) is 36.2 Å². The molecule has 7 heteroatoms. The van der Waals surface area contributed by atoms with E-state index in [0.717, 1.165) is 42.4 Å². The number of aryl methyl sites for hydroxylation is 1. The SMILES string of the molecule is Cl.O=C(Nc1ccc(-c2nnc3n2CCCCC3)cc1)C1Cc2ccccc2CN1. The van der Waals surface area contributed by atoms with Crippen LogP contribution in [0.2, 0.25) is 0 Å². The Bertz CT molecular complexity index is 1030. The number of nitrogens with one attached hydrogen (secondary N) is 2. The van der Waals surface area contributed by atoms with Gasteiger partial charge in [0.05, 0.1) is 6.04 Å². The molecular formula is C23H26ClN5O. The van der Waals surface area contributed by atoms with Crippen molar-refractivity contribution >= 4 is 24.0 Å². The second-order valence-corrected chi connectivity index (χ2v) is 7.88. The van der Waals surface area contributed by atoms with Crippen molar-refractivity contribution in [1.82, 2.24) is 20.1 Å². The maximum atomic E-state index is 12.7. The number of carbonyl (C=O) groups is 1. The summed E-state index contributed by atoms with van der Waals surface area (Å²) >= 11 is 0. The van der Waals surface area contributed by atoms with E-state index in [-0.39, 0.29) is 24.4 Å². The van der Waals surface area contributed by atoms with Crippen LogP contribution < -0.4 is 10.6 Å². The first kappa shape index (κ1) is 20.6. The van der Waals surface area contributed by atoms with Crippen molar-refractivity contribution in [2.75, 3.05) is 5.32 Å². The van der Waals surface area contributed by atoms with E-state index >= 15 is 0 Å². The van der Waals surface area contributed by atoms with Crippen LogP contribution in [0, 0.1) is 0 Å². The number of nitrogens with zero attached hydrogens (tertiary/aromatic N) is 3. The van der Waals surface area contributed by atoms with Crippen molar-refractivity contribution in [3.8, 4) is 11.4 Å². The number of fused-ring (bicyclic) bond motifs is 2. The van der Waals surface area contributed by atoms with E-state index in [4.69, 9.17) is 0 Å². The molecule has 5 rings (SSSR count). The zero-order chi connectivity index (χ0) is 19.6. The number of aromatic nitrogens is 3. The Morgan fingerprint density at radius 3 is 2.63 bits per heavy atom. The van der Waals surface area contributed by atoms with Gasteiger partial charge >= 0.3 is 0 Å². The summed E-state index contributed by atoms with van der Waals surface area (Å²) in [6.07, 6.45) is 5.31. The third-order valence-corrected chi connectivity index (χ3v) is 5.92. The molecule has 1 atom stereocenters. The summed E-state index contributed by atoms with van der Waals surface area (Å²) in [5.41, 5.74) is 4.35. The van der Waals surface area contributed by atoms with Gasteiger partial charge in [0, 0.05) is 30.8 Å². The maximum Gasteiger partial charge on any atom is 0.241 e. The molecule has 2 aliphatic rings. The van der Waals surface area contributed by atoms with Crippen LogP contribution in [0.15, 0.2) is 48.5 Å².